The minimum absolute atomic E-state index is 0. The van der Waals surface area contributed by atoms with Crippen molar-refractivity contribution in [1.82, 2.24) is 18.9 Å². The van der Waals surface area contributed by atoms with Gasteiger partial charge in [-0.1, -0.05) is 77.8 Å². The number of hydrogen-bond acceptors (Lipinski definition) is 7. The van der Waals surface area contributed by atoms with Crippen LogP contribution in [-0.2, 0) is 21.1 Å². The zero-order valence-corrected chi connectivity index (χ0v) is 33.1. The van der Waals surface area contributed by atoms with Crippen LogP contribution in [0, 0.1) is 18.8 Å². The van der Waals surface area contributed by atoms with Crippen molar-refractivity contribution in [3.05, 3.63) is 177 Å². The summed E-state index contributed by atoms with van der Waals surface area (Å²) in [6.07, 6.45) is 1.78. The first-order chi connectivity index (χ1) is 28.7. The first-order valence-corrected chi connectivity index (χ1v) is 19.0. The molecular formula is C49H27N6O3Pt-3. The third kappa shape index (κ3) is 4.95. The molecule has 0 fully saturated rings. The van der Waals surface area contributed by atoms with Crippen LogP contribution in [0.25, 0.3) is 77.5 Å². The molecule has 13 rings (SSSR count). The number of furan rings is 2. The Morgan fingerprint density at radius 3 is 2.22 bits per heavy atom. The van der Waals surface area contributed by atoms with Crippen molar-refractivity contribution in [2.24, 2.45) is 0 Å². The van der Waals surface area contributed by atoms with Crippen LogP contribution in [0.15, 0.2) is 167 Å². The second kappa shape index (κ2) is 12.8. The van der Waals surface area contributed by atoms with Crippen LogP contribution in [0.3, 0.4) is 0 Å². The molecule has 0 amide bonds. The molecule has 6 heterocycles. The molecule has 0 aliphatic carbocycles. The molecule has 12 aromatic rings. The number of aromatic nitrogens is 4. The maximum atomic E-state index is 6.92. The van der Waals surface area contributed by atoms with Crippen molar-refractivity contribution in [3.8, 4) is 17.3 Å². The van der Waals surface area contributed by atoms with Crippen LogP contribution < -0.4 is 14.5 Å². The van der Waals surface area contributed by atoms with E-state index in [0.29, 0.717) is 17.1 Å². The molecule has 1 aliphatic rings. The second-order valence-electron chi connectivity index (χ2n) is 14.3. The van der Waals surface area contributed by atoms with E-state index in [-0.39, 0.29) is 21.1 Å². The molecule has 9 nitrogen and oxygen atoms in total. The van der Waals surface area contributed by atoms with Crippen LogP contribution >= 0.6 is 0 Å². The second-order valence-corrected chi connectivity index (χ2v) is 14.3. The van der Waals surface area contributed by atoms with E-state index in [2.05, 4.69) is 87.6 Å². The van der Waals surface area contributed by atoms with Crippen molar-refractivity contribution < 1.29 is 34.6 Å². The summed E-state index contributed by atoms with van der Waals surface area (Å²) in [6, 6.07) is 58.1. The number of imidazole rings is 2. The summed E-state index contributed by atoms with van der Waals surface area (Å²) < 4.78 is 24.2. The number of benzene rings is 7. The molecule has 0 radical (unpaired) electrons. The molecular weight excluding hydrogens is 916 g/mol. The molecule has 7 aromatic carbocycles. The SMILES string of the molecule is [Pt].[c-]1c(N2[CH-]N(c3ccccc3)c3ccccc32)cc2c(oc3ccc4oc5ccccc5c4c32)c1Oc1[c-]c2c(cc1)n1c3ccccc3nc1n2-c1ccccn1. The molecule has 0 saturated carbocycles. The fraction of sp³-hybridized carbons (Fsp3) is 0. The van der Waals surface area contributed by atoms with Crippen molar-refractivity contribution in [2.45, 2.75) is 0 Å². The largest absolute Gasteiger partial charge is 0.512 e. The third-order valence-electron chi connectivity index (χ3n) is 11.1. The molecule has 0 unspecified atom stereocenters. The summed E-state index contributed by atoms with van der Waals surface area (Å²) in [7, 11) is 0. The Morgan fingerprint density at radius 2 is 1.36 bits per heavy atom. The van der Waals surface area contributed by atoms with Crippen LogP contribution in [0.2, 0.25) is 0 Å². The summed E-state index contributed by atoms with van der Waals surface area (Å²) >= 11 is 0. The summed E-state index contributed by atoms with van der Waals surface area (Å²) in [5.41, 5.74) is 10.4. The van der Waals surface area contributed by atoms with Gasteiger partial charge in [-0.15, -0.1) is 37.0 Å². The normalized spacial score (nSPS) is 12.8. The van der Waals surface area contributed by atoms with Crippen LogP contribution in [0.5, 0.6) is 11.5 Å². The van der Waals surface area contributed by atoms with Crippen molar-refractivity contribution in [1.29, 1.82) is 0 Å². The molecule has 0 saturated heterocycles. The molecule has 0 bridgehead atoms. The molecule has 284 valence electrons. The molecule has 0 N–H and O–H groups in total. The number of para-hydroxylation sites is 6. The first-order valence-electron chi connectivity index (χ1n) is 19.0. The first kappa shape index (κ1) is 33.8. The van der Waals surface area contributed by atoms with Gasteiger partial charge in [-0.25, -0.2) is 9.97 Å². The van der Waals surface area contributed by atoms with Gasteiger partial charge in [-0.3, -0.25) is 4.57 Å². The monoisotopic (exact) mass is 942 g/mol. The molecule has 1 aliphatic heterocycles. The zero-order chi connectivity index (χ0) is 37.9. The van der Waals surface area contributed by atoms with E-state index in [9.17, 15) is 0 Å². The summed E-state index contributed by atoms with van der Waals surface area (Å²) in [5.74, 6) is 2.37. The minimum atomic E-state index is 0. The number of fused-ring (bicyclic) bond motifs is 13. The minimum Gasteiger partial charge on any atom is -0.512 e. The van der Waals surface area contributed by atoms with E-state index in [0.717, 1.165) is 94.7 Å². The van der Waals surface area contributed by atoms with Gasteiger partial charge in [0.25, 0.3) is 0 Å². The summed E-state index contributed by atoms with van der Waals surface area (Å²) in [6.45, 7) is 2.10. The number of nitrogens with zero attached hydrogens (tertiary/aromatic N) is 6. The summed E-state index contributed by atoms with van der Waals surface area (Å²) in [5, 5.41) is 3.83. The van der Waals surface area contributed by atoms with Gasteiger partial charge in [0.15, 0.2) is 0 Å². The Balaban J connectivity index is 0.00000377. The fourth-order valence-corrected chi connectivity index (χ4v) is 8.56. The molecule has 59 heavy (non-hydrogen) atoms. The van der Waals surface area contributed by atoms with Gasteiger partial charge >= 0.3 is 0 Å². The molecule has 5 aromatic heterocycles. The standard InChI is InChI=1S/C49H27N6O3.Pt/c1-2-12-30(13-3-1)52-29-53(38-18-8-7-17-37(38)52)31-26-34-47-43(24-23-42-46(47)33-14-4-9-19-41(33)57-42)58-48(34)44(27-31)56-32-21-22-39-40(28-32)55(45-20-10-11-25-50-45)49-51-35-15-5-6-16-36(35)54(39)49;/h1-26,29H;/q-3;. The number of rotatable bonds is 5. The van der Waals surface area contributed by atoms with Gasteiger partial charge in [-0.05, 0) is 77.8 Å². The van der Waals surface area contributed by atoms with E-state index in [1.807, 2.05) is 102 Å². The van der Waals surface area contributed by atoms with Crippen LogP contribution in [0.1, 0.15) is 0 Å². The molecule has 0 spiro atoms. The van der Waals surface area contributed by atoms with Crippen molar-refractivity contribution >= 4 is 94.5 Å². The Labute approximate surface area is 350 Å². The van der Waals surface area contributed by atoms with Gasteiger partial charge in [-0.2, -0.15) is 0 Å². The smallest absolute Gasteiger partial charge is 0.208 e. The number of pyridine rings is 1. The van der Waals surface area contributed by atoms with E-state index in [4.69, 9.17) is 23.5 Å². The topological polar surface area (TPSA) is 77.1 Å². The van der Waals surface area contributed by atoms with Gasteiger partial charge < -0.3 is 27.8 Å². The fourth-order valence-electron chi connectivity index (χ4n) is 8.56. The molecule has 0 atom stereocenters. The van der Waals surface area contributed by atoms with Crippen molar-refractivity contribution in [2.75, 3.05) is 9.80 Å². The maximum absolute atomic E-state index is 6.92. The Morgan fingerprint density at radius 1 is 0.610 bits per heavy atom. The van der Waals surface area contributed by atoms with E-state index < -0.39 is 0 Å². The third-order valence-corrected chi connectivity index (χ3v) is 11.1. The number of anilines is 4. The number of ether oxygens (including phenoxy) is 1. The number of hydrogen-bond donors (Lipinski definition) is 0. The van der Waals surface area contributed by atoms with Gasteiger partial charge in [0.1, 0.15) is 22.6 Å². The van der Waals surface area contributed by atoms with E-state index in [1.54, 1.807) is 6.20 Å². The Hall–Kier alpha value is -7.35. The predicted molar refractivity (Wildman–Crippen MR) is 228 cm³/mol. The van der Waals surface area contributed by atoms with Gasteiger partial charge in [0.05, 0.1) is 22.4 Å². The average Bonchev–Trinajstić information content (AvgIpc) is 4.09. The van der Waals surface area contributed by atoms with Gasteiger partial charge in [0, 0.05) is 66.2 Å². The average molecular weight is 943 g/mol. The zero-order valence-electron chi connectivity index (χ0n) is 30.8. The van der Waals surface area contributed by atoms with E-state index >= 15 is 0 Å². The predicted octanol–water partition coefficient (Wildman–Crippen LogP) is 12.4. The van der Waals surface area contributed by atoms with Gasteiger partial charge in [0.2, 0.25) is 5.78 Å². The van der Waals surface area contributed by atoms with E-state index in [1.165, 1.54) is 0 Å². The summed E-state index contributed by atoms with van der Waals surface area (Å²) in [4.78, 5) is 14.1. The Kier molecular flexibility index (Phi) is 7.34. The Bertz CT molecular complexity index is 3610. The quantitative estimate of drug-likeness (QED) is 0.159. The van der Waals surface area contributed by atoms with Crippen LogP contribution in [0.4, 0.5) is 22.7 Å². The van der Waals surface area contributed by atoms with Crippen molar-refractivity contribution in [3.63, 3.8) is 0 Å². The molecule has 10 heteroatoms. The maximum Gasteiger partial charge on any atom is 0.208 e. The van der Waals surface area contributed by atoms with Crippen LogP contribution in [-0.4, -0.2) is 18.9 Å².